The van der Waals surface area contributed by atoms with Crippen molar-refractivity contribution in [1.82, 2.24) is 9.29 Å². The maximum atomic E-state index is 13.3. The molecule has 0 aliphatic carbocycles. The highest BCUT2D eigenvalue weighted by atomic mass is 32.2. The number of carbonyl (C=O) groups excluding carboxylic acids is 1. The molecule has 1 aliphatic heterocycles. The van der Waals surface area contributed by atoms with Crippen molar-refractivity contribution in [2.24, 2.45) is 0 Å². The first-order valence-corrected chi connectivity index (χ1v) is 11.9. The molecule has 8 nitrogen and oxygen atoms in total. The van der Waals surface area contributed by atoms with Gasteiger partial charge in [-0.05, 0) is 55.0 Å². The van der Waals surface area contributed by atoms with E-state index < -0.39 is 16.0 Å². The molecule has 0 amide bonds. The number of nitrogens with one attached hydrogen (secondary N) is 1. The van der Waals surface area contributed by atoms with Gasteiger partial charge >= 0.3 is 5.97 Å². The Morgan fingerprint density at radius 3 is 2.62 bits per heavy atom. The Morgan fingerprint density at radius 1 is 1.12 bits per heavy atom. The van der Waals surface area contributed by atoms with Gasteiger partial charge in [0.1, 0.15) is 12.4 Å². The zero-order valence-corrected chi connectivity index (χ0v) is 18.9. The number of aromatic amines is 1. The van der Waals surface area contributed by atoms with E-state index in [1.54, 1.807) is 36.4 Å². The first-order chi connectivity index (χ1) is 15.4. The Balaban J connectivity index is 1.55. The largest absolute Gasteiger partial charge is 0.491 e. The van der Waals surface area contributed by atoms with Crippen LogP contribution in [0.5, 0.6) is 5.75 Å². The first-order valence-electron chi connectivity index (χ1n) is 10.5. The van der Waals surface area contributed by atoms with Gasteiger partial charge in [-0.1, -0.05) is 0 Å². The van der Waals surface area contributed by atoms with E-state index in [9.17, 15) is 13.2 Å². The fourth-order valence-electron chi connectivity index (χ4n) is 3.86. The summed E-state index contributed by atoms with van der Waals surface area (Å²) < 4.78 is 43.6. The molecule has 1 N–H and O–H groups in total. The van der Waals surface area contributed by atoms with Gasteiger partial charge in [-0.25, -0.2) is 13.2 Å². The average Bonchev–Trinajstić information content (AvgIpc) is 3.19. The number of fused-ring (bicyclic) bond motifs is 3. The maximum Gasteiger partial charge on any atom is 0.337 e. The van der Waals surface area contributed by atoms with Gasteiger partial charge in [0, 0.05) is 42.7 Å². The predicted molar refractivity (Wildman–Crippen MR) is 119 cm³/mol. The molecule has 1 aromatic heterocycles. The Morgan fingerprint density at radius 2 is 1.91 bits per heavy atom. The van der Waals surface area contributed by atoms with E-state index in [-0.39, 0.29) is 11.4 Å². The van der Waals surface area contributed by atoms with Gasteiger partial charge in [-0.15, -0.1) is 0 Å². The van der Waals surface area contributed by atoms with Crippen molar-refractivity contribution in [3.63, 3.8) is 0 Å². The molecule has 9 heteroatoms. The molecule has 3 aromatic rings. The molecule has 0 fully saturated rings. The number of sulfonamides is 1. The summed E-state index contributed by atoms with van der Waals surface area (Å²) >= 11 is 0. The molecule has 1 aliphatic rings. The summed E-state index contributed by atoms with van der Waals surface area (Å²) in [6, 6.07) is 11.7. The molecule has 4 rings (SSSR count). The normalized spacial score (nSPS) is 14.3. The topological polar surface area (TPSA) is 97.9 Å². The smallest absolute Gasteiger partial charge is 0.337 e. The van der Waals surface area contributed by atoms with Crippen molar-refractivity contribution < 1.29 is 27.4 Å². The van der Waals surface area contributed by atoms with Crippen LogP contribution in [0.15, 0.2) is 47.4 Å². The van der Waals surface area contributed by atoms with Gasteiger partial charge < -0.3 is 19.2 Å². The Hall–Kier alpha value is -2.88. The van der Waals surface area contributed by atoms with E-state index >= 15 is 0 Å². The summed E-state index contributed by atoms with van der Waals surface area (Å²) in [6.45, 7) is 4.03. The van der Waals surface area contributed by atoms with Crippen molar-refractivity contribution in [3.05, 3.63) is 59.3 Å². The molecule has 0 unspecified atom stereocenters. The average molecular weight is 459 g/mol. The molecule has 0 saturated carbocycles. The lowest BCUT2D eigenvalue weighted by molar-refractivity contribution is 0.0601. The predicted octanol–water partition coefficient (Wildman–Crippen LogP) is 3.12. The lowest BCUT2D eigenvalue weighted by atomic mass is 10.0. The molecule has 0 atom stereocenters. The zero-order valence-electron chi connectivity index (χ0n) is 18.1. The number of rotatable bonds is 8. The third-order valence-electron chi connectivity index (χ3n) is 5.52. The van der Waals surface area contributed by atoms with E-state index in [1.807, 2.05) is 13.0 Å². The highest BCUT2D eigenvalue weighted by Crippen LogP contribution is 2.31. The van der Waals surface area contributed by atoms with Gasteiger partial charge in [-0.3, -0.25) is 0 Å². The number of benzene rings is 2. The molecule has 0 radical (unpaired) electrons. The van der Waals surface area contributed by atoms with E-state index in [0.29, 0.717) is 44.1 Å². The molecule has 2 aromatic carbocycles. The minimum Gasteiger partial charge on any atom is -0.491 e. The van der Waals surface area contributed by atoms with Gasteiger partial charge in [0.2, 0.25) is 10.0 Å². The Labute approximate surface area is 187 Å². The van der Waals surface area contributed by atoms with E-state index in [1.165, 1.54) is 11.4 Å². The summed E-state index contributed by atoms with van der Waals surface area (Å²) in [5.74, 6) is 0.169. The zero-order chi connectivity index (χ0) is 22.7. The number of ether oxygens (including phenoxy) is 3. The van der Waals surface area contributed by atoms with Crippen molar-refractivity contribution in [2.45, 2.75) is 24.8 Å². The highest BCUT2D eigenvalue weighted by Gasteiger charge is 2.30. The van der Waals surface area contributed by atoms with Crippen LogP contribution >= 0.6 is 0 Å². The molecule has 2 heterocycles. The van der Waals surface area contributed by atoms with Gasteiger partial charge in [0.15, 0.2) is 0 Å². The fourth-order valence-corrected chi connectivity index (χ4v) is 5.27. The standard InChI is InChI=1S/C23H26N2O6S/c1-3-30-12-13-31-17-5-7-18(8-6-17)32(27,28)25-11-10-22-20(15-25)19-14-16(23(26)29-2)4-9-21(19)24-22/h4-9,14,24H,3,10-13,15H2,1-2H3. The fraction of sp³-hybridized carbons (Fsp3) is 0.348. The minimum atomic E-state index is -3.68. The van der Waals surface area contributed by atoms with Crippen LogP contribution in [0, 0.1) is 0 Å². The van der Waals surface area contributed by atoms with Crippen LogP contribution in [0.1, 0.15) is 28.5 Å². The lowest BCUT2D eigenvalue weighted by Gasteiger charge is -2.26. The van der Waals surface area contributed by atoms with Crippen LogP contribution in [0.4, 0.5) is 0 Å². The number of H-pyrrole nitrogens is 1. The van der Waals surface area contributed by atoms with E-state index in [0.717, 1.165) is 22.2 Å². The number of methoxy groups -OCH3 is 1. The van der Waals surface area contributed by atoms with Crippen LogP contribution < -0.4 is 4.74 Å². The second kappa shape index (κ2) is 9.32. The van der Waals surface area contributed by atoms with E-state index in [4.69, 9.17) is 14.2 Å². The minimum absolute atomic E-state index is 0.216. The van der Waals surface area contributed by atoms with E-state index in [2.05, 4.69) is 4.98 Å². The number of carbonyl (C=O) groups is 1. The summed E-state index contributed by atoms with van der Waals surface area (Å²) in [4.78, 5) is 15.5. The maximum absolute atomic E-state index is 13.3. The Bertz CT molecular complexity index is 1220. The van der Waals surface area contributed by atoms with Crippen molar-refractivity contribution in [3.8, 4) is 5.75 Å². The number of hydrogen-bond donors (Lipinski definition) is 1. The van der Waals surface area contributed by atoms with Crippen LogP contribution in [0.2, 0.25) is 0 Å². The summed E-state index contributed by atoms with van der Waals surface area (Å²) in [5, 5.41) is 0.834. The van der Waals surface area contributed by atoms with Crippen LogP contribution in [0.25, 0.3) is 10.9 Å². The number of hydrogen-bond acceptors (Lipinski definition) is 6. The van der Waals surface area contributed by atoms with Crippen LogP contribution in [-0.2, 0) is 32.5 Å². The van der Waals surface area contributed by atoms with Crippen molar-refractivity contribution in [1.29, 1.82) is 0 Å². The first kappa shape index (κ1) is 22.3. The van der Waals surface area contributed by atoms with Gasteiger partial charge in [0.05, 0.1) is 24.2 Å². The molecule has 32 heavy (non-hydrogen) atoms. The molecule has 0 bridgehead atoms. The highest BCUT2D eigenvalue weighted by molar-refractivity contribution is 7.89. The number of esters is 1. The number of nitrogens with zero attached hydrogens (tertiary/aromatic N) is 1. The second-order valence-corrected chi connectivity index (χ2v) is 9.38. The molecular weight excluding hydrogens is 432 g/mol. The Kier molecular flexibility index (Phi) is 6.50. The van der Waals surface area contributed by atoms with Gasteiger partial charge in [0.25, 0.3) is 0 Å². The van der Waals surface area contributed by atoms with Gasteiger partial charge in [-0.2, -0.15) is 4.31 Å². The molecule has 0 saturated heterocycles. The third kappa shape index (κ3) is 4.36. The third-order valence-corrected chi connectivity index (χ3v) is 7.38. The monoisotopic (exact) mass is 458 g/mol. The molecule has 0 spiro atoms. The lowest BCUT2D eigenvalue weighted by Crippen LogP contribution is -2.35. The number of aromatic nitrogens is 1. The van der Waals surface area contributed by atoms with Crippen molar-refractivity contribution >= 4 is 26.9 Å². The van der Waals surface area contributed by atoms with Crippen LogP contribution in [0.3, 0.4) is 0 Å². The summed E-state index contributed by atoms with van der Waals surface area (Å²) in [6.07, 6.45) is 0.565. The molecular formula is C23H26N2O6S. The summed E-state index contributed by atoms with van der Waals surface area (Å²) in [7, 11) is -2.34. The van der Waals surface area contributed by atoms with Crippen LogP contribution in [-0.4, -0.2) is 57.2 Å². The molecule has 170 valence electrons. The second-order valence-electron chi connectivity index (χ2n) is 7.44. The SMILES string of the molecule is CCOCCOc1ccc(S(=O)(=O)N2CCc3[nH]c4ccc(C(=O)OC)cc4c3C2)cc1. The quantitative estimate of drug-likeness (QED) is 0.411. The van der Waals surface area contributed by atoms with Crippen molar-refractivity contribution in [2.75, 3.05) is 33.5 Å². The summed E-state index contributed by atoms with van der Waals surface area (Å²) in [5.41, 5.74) is 3.18.